The second-order valence-electron chi connectivity index (χ2n) is 8.93. The predicted octanol–water partition coefficient (Wildman–Crippen LogP) is 5.91. The van der Waals surface area contributed by atoms with Gasteiger partial charge in [0.15, 0.2) is 0 Å². The standard InChI is InChI=1S/C31H19NO7/c1-18-6-12-21(13-7-18)38-27-17-37-26-16-22(14-15-25(26)28(27)33)39-31(36)19-8-10-20(11-9-19)32-29(34)23-4-2-3-5-24(23)30(32)35/h2-17H,1H3. The van der Waals surface area contributed by atoms with Crippen molar-refractivity contribution in [2.45, 2.75) is 6.92 Å². The molecule has 0 radical (unpaired) electrons. The van der Waals surface area contributed by atoms with E-state index in [0.29, 0.717) is 22.6 Å². The number of amides is 2. The molecule has 0 unspecified atom stereocenters. The van der Waals surface area contributed by atoms with E-state index in [2.05, 4.69) is 0 Å². The van der Waals surface area contributed by atoms with Crippen molar-refractivity contribution in [2.24, 2.45) is 0 Å². The first-order chi connectivity index (χ1) is 18.9. The molecule has 8 heteroatoms. The summed E-state index contributed by atoms with van der Waals surface area (Å²) in [4.78, 5) is 52.1. The normalized spacial score (nSPS) is 12.5. The molecule has 0 aliphatic carbocycles. The van der Waals surface area contributed by atoms with Gasteiger partial charge in [-0.1, -0.05) is 29.8 Å². The minimum atomic E-state index is -0.662. The molecule has 8 nitrogen and oxygen atoms in total. The molecule has 1 aromatic heterocycles. The SMILES string of the molecule is Cc1ccc(Oc2coc3cc(OC(=O)c4ccc(N5C(=O)c6ccccc6C5=O)cc4)ccc3c2=O)cc1. The molecular formula is C31H19NO7. The topological polar surface area (TPSA) is 103 Å². The van der Waals surface area contributed by atoms with Gasteiger partial charge in [-0.15, -0.1) is 0 Å². The summed E-state index contributed by atoms with van der Waals surface area (Å²) in [5.74, 6) is -0.787. The van der Waals surface area contributed by atoms with Gasteiger partial charge < -0.3 is 13.9 Å². The molecule has 2 heterocycles. The zero-order valence-corrected chi connectivity index (χ0v) is 20.5. The summed E-state index contributed by atoms with van der Waals surface area (Å²) >= 11 is 0. The average Bonchev–Trinajstić information content (AvgIpc) is 3.21. The molecule has 1 aliphatic rings. The van der Waals surface area contributed by atoms with Gasteiger partial charge in [-0.3, -0.25) is 14.4 Å². The van der Waals surface area contributed by atoms with E-state index in [0.717, 1.165) is 10.5 Å². The van der Waals surface area contributed by atoms with E-state index in [9.17, 15) is 19.2 Å². The second-order valence-corrected chi connectivity index (χ2v) is 8.93. The lowest BCUT2D eigenvalue weighted by Crippen LogP contribution is -2.29. The highest BCUT2D eigenvalue weighted by atomic mass is 16.5. The zero-order valence-electron chi connectivity index (χ0n) is 20.5. The first kappa shape index (κ1) is 23.9. The maximum Gasteiger partial charge on any atom is 0.343 e. The maximum absolute atomic E-state index is 12.9. The quantitative estimate of drug-likeness (QED) is 0.162. The van der Waals surface area contributed by atoms with Gasteiger partial charge >= 0.3 is 5.97 Å². The molecule has 4 aromatic carbocycles. The summed E-state index contributed by atoms with van der Waals surface area (Å²) in [7, 11) is 0. The summed E-state index contributed by atoms with van der Waals surface area (Å²) in [5, 5.41) is 0.268. The third kappa shape index (κ3) is 4.34. The van der Waals surface area contributed by atoms with Gasteiger partial charge in [0.05, 0.1) is 27.8 Å². The van der Waals surface area contributed by atoms with Gasteiger partial charge in [-0.25, -0.2) is 9.69 Å². The Morgan fingerprint density at radius 1 is 0.769 bits per heavy atom. The number of esters is 1. The third-order valence-electron chi connectivity index (χ3n) is 6.33. The van der Waals surface area contributed by atoms with Gasteiger partial charge in [-0.2, -0.15) is 0 Å². The van der Waals surface area contributed by atoms with Crippen LogP contribution in [0.4, 0.5) is 5.69 Å². The van der Waals surface area contributed by atoms with Crippen LogP contribution in [-0.2, 0) is 0 Å². The Labute approximate surface area is 221 Å². The van der Waals surface area contributed by atoms with E-state index in [1.165, 1.54) is 48.7 Å². The molecule has 6 rings (SSSR count). The lowest BCUT2D eigenvalue weighted by Gasteiger charge is -2.14. The molecule has 0 bridgehead atoms. The smallest absolute Gasteiger partial charge is 0.343 e. The molecule has 0 N–H and O–H groups in total. The highest BCUT2D eigenvalue weighted by Gasteiger charge is 2.36. The summed E-state index contributed by atoms with van der Waals surface area (Å²) in [5.41, 5.74) is 2.15. The molecule has 5 aromatic rings. The third-order valence-corrected chi connectivity index (χ3v) is 6.33. The van der Waals surface area contributed by atoms with Crippen LogP contribution in [0.5, 0.6) is 17.2 Å². The molecule has 39 heavy (non-hydrogen) atoms. The van der Waals surface area contributed by atoms with Gasteiger partial charge in [0.2, 0.25) is 11.2 Å². The number of nitrogens with zero attached hydrogens (tertiary/aromatic N) is 1. The van der Waals surface area contributed by atoms with Crippen molar-refractivity contribution in [2.75, 3.05) is 4.90 Å². The van der Waals surface area contributed by atoms with E-state index < -0.39 is 17.8 Å². The summed E-state index contributed by atoms with van der Waals surface area (Å²) < 4.78 is 16.7. The Kier molecular flexibility index (Phi) is 5.77. The molecule has 2 amide bonds. The van der Waals surface area contributed by atoms with Gasteiger partial charge in [-0.05, 0) is 67.6 Å². The Hall–Kier alpha value is -5.50. The molecule has 0 saturated carbocycles. The fourth-order valence-corrected chi connectivity index (χ4v) is 4.29. The highest BCUT2D eigenvalue weighted by molar-refractivity contribution is 6.34. The number of rotatable bonds is 5. The van der Waals surface area contributed by atoms with E-state index in [1.807, 2.05) is 19.1 Å². The van der Waals surface area contributed by atoms with Crippen LogP contribution in [0, 0.1) is 6.92 Å². The van der Waals surface area contributed by atoms with Crippen LogP contribution in [0.3, 0.4) is 0 Å². The van der Waals surface area contributed by atoms with Gasteiger partial charge in [0.25, 0.3) is 11.8 Å². The number of anilines is 1. The van der Waals surface area contributed by atoms with Crippen molar-refractivity contribution >= 4 is 34.4 Å². The van der Waals surface area contributed by atoms with Crippen molar-refractivity contribution in [3.63, 3.8) is 0 Å². The van der Waals surface area contributed by atoms with Crippen LogP contribution in [0.25, 0.3) is 11.0 Å². The van der Waals surface area contributed by atoms with Crippen molar-refractivity contribution in [3.05, 3.63) is 130 Å². The van der Waals surface area contributed by atoms with Gasteiger partial charge in [0, 0.05) is 6.07 Å². The first-order valence-electron chi connectivity index (χ1n) is 12.0. The highest BCUT2D eigenvalue weighted by Crippen LogP contribution is 2.29. The average molecular weight is 517 g/mol. The fourth-order valence-electron chi connectivity index (χ4n) is 4.29. The molecule has 0 fully saturated rings. The number of aryl methyl sites for hydroxylation is 1. The number of benzene rings is 4. The molecule has 190 valence electrons. The number of hydrogen-bond donors (Lipinski definition) is 0. The van der Waals surface area contributed by atoms with Crippen LogP contribution in [0.1, 0.15) is 36.6 Å². The number of carbonyl (C=O) groups excluding carboxylic acids is 3. The van der Waals surface area contributed by atoms with E-state index >= 15 is 0 Å². The van der Waals surface area contributed by atoms with Crippen LogP contribution >= 0.6 is 0 Å². The van der Waals surface area contributed by atoms with E-state index in [4.69, 9.17) is 13.9 Å². The number of carbonyl (C=O) groups is 3. The number of imide groups is 1. The largest absolute Gasteiger partial charge is 0.460 e. The lowest BCUT2D eigenvalue weighted by atomic mass is 10.1. The monoisotopic (exact) mass is 517 g/mol. The lowest BCUT2D eigenvalue weighted by molar-refractivity contribution is 0.0734. The van der Waals surface area contributed by atoms with Crippen molar-refractivity contribution in [1.29, 1.82) is 0 Å². The summed E-state index contributed by atoms with van der Waals surface area (Å²) in [6.07, 6.45) is 1.22. The molecule has 1 aliphatic heterocycles. The predicted molar refractivity (Wildman–Crippen MR) is 143 cm³/mol. The molecular weight excluding hydrogens is 498 g/mol. The molecule has 0 saturated heterocycles. The van der Waals surface area contributed by atoms with Crippen molar-refractivity contribution in [1.82, 2.24) is 0 Å². The molecule has 0 atom stereocenters. The maximum atomic E-state index is 12.9. The summed E-state index contributed by atoms with van der Waals surface area (Å²) in [6, 6.07) is 24.2. The minimum Gasteiger partial charge on any atom is -0.460 e. The Morgan fingerprint density at radius 2 is 1.41 bits per heavy atom. The number of hydrogen-bond acceptors (Lipinski definition) is 7. The van der Waals surface area contributed by atoms with Crippen LogP contribution in [0.2, 0.25) is 0 Å². The van der Waals surface area contributed by atoms with Gasteiger partial charge in [0.1, 0.15) is 23.3 Å². The molecule has 0 spiro atoms. The Bertz CT molecular complexity index is 1800. The number of fused-ring (bicyclic) bond motifs is 2. The van der Waals surface area contributed by atoms with E-state index in [1.54, 1.807) is 36.4 Å². The van der Waals surface area contributed by atoms with Crippen molar-refractivity contribution in [3.8, 4) is 17.2 Å². The Morgan fingerprint density at radius 3 is 2.08 bits per heavy atom. The fraction of sp³-hybridized carbons (Fsp3) is 0.0323. The van der Waals surface area contributed by atoms with Crippen LogP contribution in [0.15, 0.2) is 106 Å². The number of ether oxygens (including phenoxy) is 2. The van der Waals surface area contributed by atoms with Crippen LogP contribution in [-0.4, -0.2) is 17.8 Å². The first-order valence-corrected chi connectivity index (χ1v) is 12.0. The second kappa shape index (κ2) is 9.42. The summed E-state index contributed by atoms with van der Waals surface area (Å²) in [6.45, 7) is 1.95. The van der Waals surface area contributed by atoms with Crippen LogP contribution < -0.4 is 19.8 Å². The minimum absolute atomic E-state index is 0.0363. The van der Waals surface area contributed by atoms with Crippen molar-refractivity contribution < 1.29 is 28.3 Å². The van der Waals surface area contributed by atoms with E-state index in [-0.39, 0.29) is 33.5 Å². The Balaban J connectivity index is 1.18. The zero-order chi connectivity index (χ0) is 27.1.